The molecule has 0 rings (SSSR count). The molecule has 0 saturated heterocycles. The summed E-state index contributed by atoms with van der Waals surface area (Å²) in [5.74, 6) is -0.676. The lowest BCUT2D eigenvalue weighted by atomic mass is 10.4. The van der Waals surface area contributed by atoms with Gasteiger partial charge in [-0.2, -0.15) is 5.48 Å². The number of nitrogens with one attached hydrogen (secondary N) is 3. The Bertz CT molecular complexity index is 178. The molecule has 16 heavy (non-hydrogen) atoms. The summed E-state index contributed by atoms with van der Waals surface area (Å²) < 4.78 is 0. The Hall–Kier alpha value is -0.730. The number of aliphatic hydroxyl groups is 1. The number of rotatable bonds is 10. The van der Waals surface area contributed by atoms with Crippen molar-refractivity contribution >= 4 is 5.97 Å². The summed E-state index contributed by atoms with van der Waals surface area (Å²) in [5.41, 5.74) is 7.76. The zero-order valence-corrected chi connectivity index (χ0v) is 9.66. The first kappa shape index (κ1) is 15.3. The van der Waals surface area contributed by atoms with E-state index in [-0.39, 0.29) is 0 Å². The first-order chi connectivity index (χ1) is 7.68. The molecule has 0 amide bonds. The van der Waals surface area contributed by atoms with Crippen LogP contribution in [0.3, 0.4) is 0 Å². The first-order valence-electron chi connectivity index (χ1n) is 5.41. The van der Waals surface area contributed by atoms with Gasteiger partial charge in [0.2, 0.25) is 0 Å². The Morgan fingerprint density at radius 1 is 1.25 bits per heavy atom. The van der Waals surface area contributed by atoms with Crippen molar-refractivity contribution in [3.05, 3.63) is 0 Å². The van der Waals surface area contributed by atoms with Gasteiger partial charge in [0.25, 0.3) is 0 Å². The summed E-state index contributed by atoms with van der Waals surface area (Å²) in [7, 11) is 0. The Balaban J connectivity index is 3.07. The second kappa shape index (κ2) is 10.8. The summed E-state index contributed by atoms with van der Waals surface area (Å²) in [6, 6.07) is 0. The zero-order valence-electron chi connectivity index (χ0n) is 9.66. The molecule has 0 spiro atoms. The maximum atomic E-state index is 10.8. The quantitative estimate of drug-likeness (QED) is 0.211. The lowest BCUT2D eigenvalue weighted by molar-refractivity contribution is -0.160. The maximum Gasteiger partial charge on any atom is 0.353 e. The van der Waals surface area contributed by atoms with Gasteiger partial charge < -0.3 is 26.3 Å². The molecular formula is C9H22N4O3. The second-order valence-electron chi connectivity index (χ2n) is 3.28. The van der Waals surface area contributed by atoms with E-state index in [2.05, 4.69) is 21.0 Å². The summed E-state index contributed by atoms with van der Waals surface area (Å²) in [6.45, 7) is 5.65. The number of aliphatic hydroxyl groups excluding tert-OH is 1. The third-order valence-corrected chi connectivity index (χ3v) is 1.72. The van der Waals surface area contributed by atoms with Crippen LogP contribution in [0.1, 0.15) is 6.92 Å². The topological polar surface area (TPSA) is 109 Å². The van der Waals surface area contributed by atoms with Crippen molar-refractivity contribution in [2.75, 3.05) is 39.3 Å². The van der Waals surface area contributed by atoms with E-state index in [0.717, 1.165) is 19.6 Å². The highest BCUT2D eigenvalue weighted by atomic mass is 16.7. The van der Waals surface area contributed by atoms with Crippen LogP contribution >= 0.6 is 0 Å². The number of carbonyl (C=O) groups excluding carboxylic acids is 1. The second-order valence-corrected chi connectivity index (χ2v) is 3.28. The molecule has 0 aliphatic heterocycles. The summed E-state index contributed by atoms with van der Waals surface area (Å²) in [4.78, 5) is 15.3. The molecule has 0 aliphatic carbocycles. The summed E-state index contributed by atoms with van der Waals surface area (Å²) in [5, 5.41) is 15.1. The van der Waals surface area contributed by atoms with Gasteiger partial charge in [-0.05, 0) is 6.92 Å². The van der Waals surface area contributed by atoms with E-state index >= 15 is 0 Å². The Morgan fingerprint density at radius 3 is 2.38 bits per heavy atom. The van der Waals surface area contributed by atoms with Gasteiger partial charge in [-0.3, -0.25) is 0 Å². The van der Waals surface area contributed by atoms with E-state index in [1.54, 1.807) is 0 Å². The minimum atomic E-state index is -1.10. The minimum absolute atomic E-state index is 0.495. The van der Waals surface area contributed by atoms with Crippen molar-refractivity contribution in [2.24, 2.45) is 5.73 Å². The molecule has 6 N–H and O–H groups in total. The van der Waals surface area contributed by atoms with Gasteiger partial charge >= 0.3 is 5.97 Å². The van der Waals surface area contributed by atoms with Crippen LogP contribution < -0.4 is 21.8 Å². The summed E-state index contributed by atoms with van der Waals surface area (Å²) in [6.07, 6.45) is -1.10. The molecule has 0 aliphatic rings. The molecule has 7 heteroatoms. The van der Waals surface area contributed by atoms with Crippen molar-refractivity contribution < 1.29 is 14.7 Å². The largest absolute Gasteiger partial charge is 0.382 e. The maximum absolute atomic E-state index is 10.8. The van der Waals surface area contributed by atoms with Gasteiger partial charge in [0.05, 0.1) is 0 Å². The van der Waals surface area contributed by atoms with Gasteiger partial charge in [0.15, 0.2) is 6.10 Å². The van der Waals surface area contributed by atoms with Crippen LogP contribution in [-0.4, -0.2) is 56.4 Å². The molecule has 0 radical (unpaired) electrons. The lowest BCUT2D eigenvalue weighted by Crippen LogP contribution is -2.35. The average molecular weight is 234 g/mol. The highest BCUT2D eigenvalue weighted by Crippen LogP contribution is 1.81. The predicted octanol–water partition coefficient (Wildman–Crippen LogP) is -2.45. The number of carbonyl (C=O) groups is 1. The van der Waals surface area contributed by atoms with E-state index in [9.17, 15) is 4.79 Å². The Morgan fingerprint density at radius 2 is 1.81 bits per heavy atom. The molecule has 96 valence electrons. The Labute approximate surface area is 95.7 Å². The van der Waals surface area contributed by atoms with Gasteiger partial charge in [0, 0.05) is 39.3 Å². The van der Waals surface area contributed by atoms with Gasteiger partial charge in [-0.1, -0.05) is 0 Å². The van der Waals surface area contributed by atoms with Crippen LogP contribution in [0.25, 0.3) is 0 Å². The Kier molecular flexibility index (Phi) is 10.3. The minimum Gasteiger partial charge on any atom is -0.382 e. The molecule has 1 atom stereocenters. The van der Waals surface area contributed by atoms with Crippen molar-refractivity contribution in [3.63, 3.8) is 0 Å². The van der Waals surface area contributed by atoms with Gasteiger partial charge in [0.1, 0.15) is 0 Å². The smallest absolute Gasteiger partial charge is 0.353 e. The van der Waals surface area contributed by atoms with E-state index in [0.29, 0.717) is 19.6 Å². The highest BCUT2D eigenvalue weighted by molar-refractivity contribution is 5.73. The fourth-order valence-electron chi connectivity index (χ4n) is 0.876. The van der Waals surface area contributed by atoms with E-state index in [4.69, 9.17) is 10.8 Å². The molecule has 0 saturated carbocycles. The van der Waals surface area contributed by atoms with Crippen molar-refractivity contribution in [1.82, 2.24) is 16.1 Å². The van der Waals surface area contributed by atoms with E-state index < -0.39 is 12.1 Å². The summed E-state index contributed by atoms with van der Waals surface area (Å²) >= 11 is 0. The molecule has 0 aromatic carbocycles. The third kappa shape index (κ3) is 9.81. The van der Waals surface area contributed by atoms with Gasteiger partial charge in [-0.15, -0.1) is 0 Å². The zero-order chi connectivity index (χ0) is 12.2. The molecular weight excluding hydrogens is 212 g/mol. The van der Waals surface area contributed by atoms with Gasteiger partial charge in [-0.25, -0.2) is 4.79 Å². The van der Waals surface area contributed by atoms with Crippen LogP contribution in [0.4, 0.5) is 0 Å². The van der Waals surface area contributed by atoms with E-state index in [1.807, 2.05) is 0 Å². The molecule has 0 aromatic rings. The number of hydroxylamine groups is 1. The monoisotopic (exact) mass is 234 g/mol. The molecule has 0 heterocycles. The van der Waals surface area contributed by atoms with Crippen molar-refractivity contribution in [1.29, 1.82) is 0 Å². The van der Waals surface area contributed by atoms with Crippen molar-refractivity contribution in [2.45, 2.75) is 13.0 Å². The molecule has 0 bridgehead atoms. The predicted molar refractivity (Wildman–Crippen MR) is 60.6 cm³/mol. The number of nitrogens with two attached hydrogens (primary N) is 1. The fourth-order valence-corrected chi connectivity index (χ4v) is 0.876. The first-order valence-corrected chi connectivity index (χ1v) is 5.41. The van der Waals surface area contributed by atoms with Crippen LogP contribution in [-0.2, 0) is 9.63 Å². The molecule has 7 nitrogen and oxygen atoms in total. The molecule has 0 aromatic heterocycles. The van der Waals surface area contributed by atoms with Crippen molar-refractivity contribution in [3.8, 4) is 0 Å². The number of hydrogen-bond donors (Lipinski definition) is 5. The lowest BCUT2D eigenvalue weighted by Gasteiger charge is -2.08. The highest BCUT2D eigenvalue weighted by Gasteiger charge is 2.09. The standard InChI is InChI=1S/C9H22N4O3/c1-8(14)9(15)16-13-7-6-12-5-4-11-3-2-10/h8,11-14H,2-7,10H2,1H3. The molecule has 1 unspecified atom stereocenters. The van der Waals surface area contributed by atoms with E-state index in [1.165, 1.54) is 6.92 Å². The average Bonchev–Trinajstić information content (AvgIpc) is 2.26. The molecule has 0 fully saturated rings. The van der Waals surface area contributed by atoms with Crippen LogP contribution in [0, 0.1) is 0 Å². The third-order valence-electron chi connectivity index (χ3n) is 1.72. The van der Waals surface area contributed by atoms with Crippen LogP contribution in [0.2, 0.25) is 0 Å². The van der Waals surface area contributed by atoms with Crippen LogP contribution in [0.15, 0.2) is 0 Å². The fraction of sp³-hybridized carbons (Fsp3) is 0.889. The normalized spacial score (nSPS) is 12.4. The van der Waals surface area contributed by atoms with Crippen LogP contribution in [0.5, 0.6) is 0 Å². The SMILES string of the molecule is CC(O)C(=O)ONCCNCCNCCN. The number of hydrogen-bond acceptors (Lipinski definition) is 7.